The molecule has 3 aromatic rings. The van der Waals surface area contributed by atoms with Gasteiger partial charge >= 0.3 is 0 Å². The predicted molar refractivity (Wildman–Crippen MR) is 120 cm³/mol. The van der Waals surface area contributed by atoms with E-state index in [-0.39, 0.29) is 29.5 Å². The lowest BCUT2D eigenvalue weighted by Crippen LogP contribution is -2.28. The van der Waals surface area contributed by atoms with Gasteiger partial charge in [-0.1, -0.05) is 12.1 Å². The first-order valence-corrected chi connectivity index (χ1v) is 9.87. The number of carbonyl (C=O) groups excluding carboxylic acids is 1. The lowest BCUT2D eigenvalue weighted by atomic mass is 10.1. The van der Waals surface area contributed by atoms with Crippen LogP contribution in [-0.4, -0.2) is 39.1 Å². The zero-order chi connectivity index (χ0) is 22.5. The van der Waals surface area contributed by atoms with Crippen LogP contribution >= 0.6 is 0 Å². The van der Waals surface area contributed by atoms with E-state index in [1.165, 1.54) is 4.57 Å². The third-order valence-corrected chi connectivity index (χ3v) is 4.95. The lowest BCUT2D eigenvalue weighted by Gasteiger charge is -2.15. The molecule has 0 radical (unpaired) electrons. The quantitative estimate of drug-likeness (QED) is 0.453. The Balaban J connectivity index is 1.86. The zero-order valence-electron chi connectivity index (χ0n) is 17.8. The highest BCUT2D eigenvalue weighted by atomic mass is 16.3. The van der Waals surface area contributed by atoms with Crippen LogP contribution < -0.4 is 21.9 Å². The van der Waals surface area contributed by atoms with Gasteiger partial charge in [-0.15, -0.1) is 0 Å². The average molecular weight is 422 g/mol. The molecule has 0 saturated heterocycles. The largest absolute Gasteiger partial charge is 0.508 e. The summed E-state index contributed by atoms with van der Waals surface area (Å²) in [6.45, 7) is 4.02. The number of nitrogens with two attached hydrogens (primary N) is 1. The number of pyridine rings is 1. The van der Waals surface area contributed by atoms with Crippen molar-refractivity contribution in [2.45, 2.75) is 26.7 Å². The zero-order valence-corrected chi connectivity index (χ0v) is 17.8. The molecule has 0 spiro atoms. The molecule has 2 aromatic heterocycles. The second-order valence-corrected chi connectivity index (χ2v) is 7.23. The van der Waals surface area contributed by atoms with Gasteiger partial charge < -0.3 is 21.5 Å². The smallest absolute Gasteiger partial charge is 0.299 e. The lowest BCUT2D eigenvalue weighted by molar-refractivity contribution is -0.119. The first-order valence-electron chi connectivity index (χ1n) is 9.87. The van der Waals surface area contributed by atoms with E-state index in [1.807, 2.05) is 12.1 Å². The van der Waals surface area contributed by atoms with Crippen molar-refractivity contribution >= 4 is 17.4 Å². The van der Waals surface area contributed by atoms with Gasteiger partial charge in [0.25, 0.3) is 5.56 Å². The Morgan fingerprint density at radius 3 is 2.61 bits per heavy atom. The Kier molecular flexibility index (Phi) is 6.54. The van der Waals surface area contributed by atoms with Crippen molar-refractivity contribution in [2.24, 2.45) is 0 Å². The molecule has 0 aliphatic rings. The minimum atomic E-state index is -0.358. The molecular weight excluding hydrogens is 396 g/mol. The van der Waals surface area contributed by atoms with E-state index in [1.54, 1.807) is 45.3 Å². The summed E-state index contributed by atoms with van der Waals surface area (Å²) in [6.07, 6.45) is 2.40. The van der Waals surface area contributed by atoms with Crippen LogP contribution in [0.5, 0.6) is 5.75 Å². The highest BCUT2D eigenvalue weighted by Crippen LogP contribution is 2.20. The van der Waals surface area contributed by atoms with Gasteiger partial charge in [-0.05, 0) is 49.6 Å². The normalized spacial score (nSPS) is 10.7. The van der Waals surface area contributed by atoms with Crippen LogP contribution in [0.3, 0.4) is 0 Å². The number of phenolic OH excluding ortho intramolecular Hbond substituents is 1. The van der Waals surface area contributed by atoms with Crippen LogP contribution in [0.4, 0.5) is 11.5 Å². The van der Waals surface area contributed by atoms with E-state index in [0.29, 0.717) is 41.4 Å². The Morgan fingerprint density at radius 2 is 1.94 bits per heavy atom. The molecule has 0 aliphatic heterocycles. The molecule has 162 valence electrons. The number of nitrogens with one attached hydrogen (secondary N) is 2. The van der Waals surface area contributed by atoms with Crippen molar-refractivity contribution in [1.82, 2.24) is 19.9 Å². The SMILES string of the molecule is CNC(=O)Cc1cc(N)c(-n2c(C)cnc(NCCc3ccc(O)cc3)c2=O)nc1C. The van der Waals surface area contributed by atoms with Crippen molar-refractivity contribution in [3.8, 4) is 11.6 Å². The number of hydrogen-bond donors (Lipinski definition) is 4. The number of amides is 1. The van der Waals surface area contributed by atoms with Crippen molar-refractivity contribution < 1.29 is 9.90 Å². The first-order chi connectivity index (χ1) is 14.8. The number of carbonyl (C=O) groups is 1. The van der Waals surface area contributed by atoms with E-state index in [2.05, 4.69) is 20.6 Å². The number of aromatic hydroxyl groups is 1. The molecule has 31 heavy (non-hydrogen) atoms. The van der Waals surface area contributed by atoms with Crippen LogP contribution in [-0.2, 0) is 17.6 Å². The van der Waals surface area contributed by atoms with Crippen LogP contribution in [0.2, 0.25) is 0 Å². The number of hydrogen-bond acceptors (Lipinski definition) is 7. The summed E-state index contributed by atoms with van der Waals surface area (Å²) in [6, 6.07) is 8.57. The molecule has 3 rings (SSSR count). The molecule has 1 amide bonds. The van der Waals surface area contributed by atoms with E-state index in [0.717, 1.165) is 5.56 Å². The van der Waals surface area contributed by atoms with Crippen molar-refractivity contribution in [1.29, 1.82) is 0 Å². The second-order valence-electron chi connectivity index (χ2n) is 7.23. The average Bonchev–Trinajstić information content (AvgIpc) is 2.74. The number of nitrogens with zero attached hydrogens (tertiary/aromatic N) is 3. The topological polar surface area (TPSA) is 135 Å². The number of benzene rings is 1. The van der Waals surface area contributed by atoms with Gasteiger partial charge in [0.1, 0.15) is 5.75 Å². The van der Waals surface area contributed by atoms with Gasteiger partial charge in [-0.3, -0.25) is 14.2 Å². The number of rotatable bonds is 7. The number of phenols is 1. The summed E-state index contributed by atoms with van der Waals surface area (Å²) >= 11 is 0. The number of aryl methyl sites for hydroxylation is 2. The molecule has 0 aliphatic carbocycles. The molecule has 9 heteroatoms. The fourth-order valence-electron chi connectivity index (χ4n) is 3.18. The summed E-state index contributed by atoms with van der Waals surface area (Å²) in [5, 5.41) is 15.0. The Bertz CT molecular complexity index is 1160. The summed E-state index contributed by atoms with van der Waals surface area (Å²) in [4.78, 5) is 33.5. The highest BCUT2D eigenvalue weighted by Gasteiger charge is 2.16. The highest BCUT2D eigenvalue weighted by molar-refractivity contribution is 5.79. The predicted octanol–water partition coefficient (Wildman–Crippen LogP) is 1.48. The molecule has 1 aromatic carbocycles. The monoisotopic (exact) mass is 422 g/mol. The maximum atomic E-state index is 13.1. The van der Waals surface area contributed by atoms with Crippen LogP contribution in [0.1, 0.15) is 22.5 Å². The third-order valence-electron chi connectivity index (χ3n) is 4.95. The second kappa shape index (κ2) is 9.29. The fourth-order valence-corrected chi connectivity index (χ4v) is 3.18. The van der Waals surface area contributed by atoms with Gasteiger partial charge in [0, 0.05) is 31.2 Å². The van der Waals surface area contributed by atoms with Gasteiger partial charge in [0.2, 0.25) is 5.91 Å². The molecular formula is C22H26N6O3. The summed E-state index contributed by atoms with van der Waals surface area (Å²) in [5.41, 5.74) is 9.08. The van der Waals surface area contributed by atoms with Gasteiger partial charge in [0.05, 0.1) is 12.1 Å². The van der Waals surface area contributed by atoms with Gasteiger partial charge in [-0.2, -0.15) is 0 Å². The molecule has 0 unspecified atom stereocenters. The van der Waals surface area contributed by atoms with E-state index in [9.17, 15) is 14.7 Å². The molecule has 2 heterocycles. The van der Waals surface area contributed by atoms with Crippen LogP contribution in [0.25, 0.3) is 5.82 Å². The third kappa shape index (κ3) is 5.00. The molecule has 0 bridgehead atoms. The fraction of sp³-hybridized carbons (Fsp3) is 0.273. The summed E-state index contributed by atoms with van der Waals surface area (Å²) < 4.78 is 1.42. The van der Waals surface area contributed by atoms with E-state index < -0.39 is 0 Å². The summed E-state index contributed by atoms with van der Waals surface area (Å²) in [5.74, 6) is 0.568. The molecule has 0 fully saturated rings. The number of nitrogen functional groups attached to an aromatic ring is 1. The van der Waals surface area contributed by atoms with E-state index in [4.69, 9.17) is 5.73 Å². The van der Waals surface area contributed by atoms with Crippen LogP contribution in [0.15, 0.2) is 41.3 Å². The van der Waals surface area contributed by atoms with Crippen molar-refractivity contribution in [2.75, 3.05) is 24.6 Å². The number of anilines is 2. The Labute approximate surface area is 180 Å². The van der Waals surface area contributed by atoms with Gasteiger partial charge in [0.15, 0.2) is 11.6 Å². The maximum Gasteiger partial charge on any atom is 0.299 e. The van der Waals surface area contributed by atoms with Crippen LogP contribution in [0, 0.1) is 13.8 Å². The Hall–Kier alpha value is -3.88. The first kappa shape index (κ1) is 21.8. The number of aromatic nitrogens is 3. The van der Waals surface area contributed by atoms with Crippen molar-refractivity contribution in [3.05, 3.63) is 69.4 Å². The number of likely N-dealkylation sites (N-methyl/N-ethyl adjacent to an activating group) is 1. The maximum absolute atomic E-state index is 13.1. The Morgan fingerprint density at radius 1 is 1.23 bits per heavy atom. The minimum Gasteiger partial charge on any atom is -0.508 e. The molecule has 0 saturated carbocycles. The van der Waals surface area contributed by atoms with Gasteiger partial charge in [-0.25, -0.2) is 9.97 Å². The molecule has 0 atom stereocenters. The molecule has 9 nitrogen and oxygen atoms in total. The molecule has 5 N–H and O–H groups in total. The van der Waals surface area contributed by atoms with Crippen molar-refractivity contribution in [3.63, 3.8) is 0 Å². The van der Waals surface area contributed by atoms with E-state index >= 15 is 0 Å². The minimum absolute atomic E-state index is 0.144. The standard InChI is InChI=1S/C22H26N6O3/c1-13-12-26-20(25-9-8-15-4-6-17(29)7-5-15)22(31)28(13)21-18(23)10-16(14(2)27-21)11-19(30)24-3/h4-7,10,12,29H,8-9,11,23H2,1-3H3,(H,24,30)(H,25,26). The summed E-state index contributed by atoms with van der Waals surface area (Å²) in [7, 11) is 1.57.